The lowest BCUT2D eigenvalue weighted by Crippen LogP contribution is -2.42. The minimum atomic E-state index is -0.321. The van der Waals surface area contributed by atoms with Gasteiger partial charge in [0.2, 0.25) is 5.91 Å². The van der Waals surface area contributed by atoms with Gasteiger partial charge in [-0.3, -0.25) is 9.59 Å². The third-order valence-corrected chi connectivity index (χ3v) is 4.37. The van der Waals surface area contributed by atoms with Crippen molar-refractivity contribution in [1.29, 1.82) is 0 Å². The molecule has 0 bridgehead atoms. The number of rotatable bonds is 4. The van der Waals surface area contributed by atoms with Crippen LogP contribution in [0, 0.1) is 0 Å². The number of benzene rings is 1. The monoisotopic (exact) mass is 346 g/mol. The molecule has 1 aromatic carbocycles. The Balaban J connectivity index is 1.60. The van der Waals surface area contributed by atoms with Crippen LogP contribution in [0.1, 0.15) is 29.6 Å². The maximum atomic E-state index is 12.2. The molecule has 2 amide bonds. The zero-order chi connectivity index (χ0) is 16.9. The maximum Gasteiger partial charge on any atom is 0.254 e. The minimum absolute atomic E-state index is 0.0100. The summed E-state index contributed by atoms with van der Waals surface area (Å²) in [5, 5.41) is 7.37. The van der Waals surface area contributed by atoms with Crippen molar-refractivity contribution in [3.63, 3.8) is 0 Å². The van der Waals surface area contributed by atoms with E-state index in [1.807, 2.05) is 18.2 Å². The molecule has 0 radical (unpaired) electrons. The quantitative estimate of drug-likeness (QED) is 0.923. The molecule has 6 nitrogen and oxygen atoms in total. The van der Waals surface area contributed by atoms with E-state index in [-0.39, 0.29) is 18.4 Å². The summed E-state index contributed by atoms with van der Waals surface area (Å²) in [7, 11) is 0. The standard InChI is InChI=1S/C17H19ClN4O2/c18-14-6-2-3-7-15(14)22-12-13(10-20-22)17(24)19-11-16(23)21-8-4-1-5-9-21/h2-3,6-7,10,12H,1,4-5,8-9,11H2,(H,19,24). The van der Waals surface area contributed by atoms with E-state index in [4.69, 9.17) is 11.6 Å². The molecule has 7 heteroatoms. The summed E-state index contributed by atoms with van der Waals surface area (Å²) in [6.07, 6.45) is 6.29. The fourth-order valence-electron chi connectivity index (χ4n) is 2.72. The number of likely N-dealkylation sites (tertiary alicyclic amines) is 1. The van der Waals surface area contributed by atoms with Crippen LogP contribution in [-0.2, 0) is 4.79 Å². The number of amides is 2. The Kier molecular flexibility index (Phi) is 5.15. The van der Waals surface area contributed by atoms with Crippen molar-refractivity contribution < 1.29 is 9.59 Å². The van der Waals surface area contributed by atoms with Crippen LogP contribution in [0.4, 0.5) is 0 Å². The van der Waals surface area contributed by atoms with Gasteiger partial charge in [0.15, 0.2) is 0 Å². The highest BCUT2D eigenvalue weighted by Gasteiger charge is 2.18. The Morgan fingerprint density at radius 2 is 1.92 bits per heavy atom. The number of piperidine rings is 1. The number of halogens is 1. The first-order chi connectivity index (χ1) is 11.6. The SMILES string of the molecule is O=C(NCC(=O)N1CCCCC1)c1cnn(-c2ccccc2Cl)c1. The molecular formula is C17H19ClN4O2. The van der Waals surface area contributed by atoms with E-state index < -0.39 is 0 Å². The predicted octanol–water partition coefficient (Wildman–Crippen LogP) is 2.27. The summed E-state index contributed by atoms with van der Waals surface area (Å²) < 4.78 is 1.55. The van der Waals surface area contributed by atoms with Gasteiger partial charge in [0.25, 0.3) is 5.91 Å². The van der Waals surface area contributed by atoms with Gasteiger partial charge in [-0.25, -0.2) is 4.68 Å². The molecule has 0 spiro atoms. The summed E-state index contributed by atoms with van der Waals surface area (Å²) >= 11 is 6.12. The highest BCUT2D eigenvalue weighted by Crippen LogP contribution is 2.19. The molecule has 1 aliphatic rings. The van der Waals surface area contributed by atoms with Gasteiger partial charge in [-0.05, 0) is 31.4 Å². The smallest absolute Gasteiger partial charge is 0.254 e. The number of carbonyl (C=O) groups excluding carboxylic acids is 2. The number of nitrogens with one attached hydrogen (secondary N) is 1. The second-order valence-corrected chi connectivity index (χ2v) is 6.16. The molecule has 1 N–H and O–H groups in total. The highest BCUT2D eigenvalue weighted by molar-refractivity contribution is 6.32. The first-order valence-corrected chi connectivity index (χ1v) is 8.38. The second-order valence-electron chi connectivity index (χ2n) is 5.75. The van der Waals surface area contributed by atoms with Crippen molar-refractivity contribution >= 4 is 23.4 Å². The molecule has 2 aromatic rings. The van der Waals surface area contributed by atoms with E-state index in [2.05, 4.69) is 10.4 Å². The van der Waals surface area contributed by atoms with Crippen LogP contribution in [0.2, 0.25) is 5.02 Å². The predicted molar refractivity (Wildman–Crippen MR) is 91.3 cm³/mol. The van der Waals surface area contributed by atoms with Gasteiger partial charge >= 0.3 is 0 Å². The second kappa shape index (κ2) is 7.49. The fourth-order valence-corrected chi connectivity index (χ4v) is 2.94. The summed E-state index contributed by atoms with van der Waals surface area (Å²) in [4.78, 5) is 26.1. The molecule has 3 rings (SSSR count). The number of hydrogen-bond acceptors (Lipinski definition) is 3. The Bertz CT molecular complexity index is 738. The average molecular weight is 347 g/mol. The van der Waals surface area contributed by atoms with Crippen molar-refractivity contribution in [2.45, 2.75) is 19.3 Å². The topological polar surface area (TPSA) is 67.2 Å². The van der Waals surface area contributed by atoms with Crippen LogP contribution in [0.3, 0.4) is 0 Å². The molecule has 0 atom stereocenters. The van der Waals surface area contributed by atoms with Crippen molar-refractivity contribution in [2.24, 2.45) is 0 Å². The molecule has 0 saturated carbocycles. The third kappa shape index (κ3) is 3.76. The summed E-state index contributed by atoms with van der Waals surface area (Å²) in [6.45, 7) is 1.56. The third-order valence-electron chi connectivity index (χ3n) is 4.05. The van der Waals surface area contributed by atoms with E-state index in [1.54, 1.807) is 21.8 Å². The van der Waals surface area contributed by atoms with Gasteiger partial charge in [-0.15, -0.1) is 0 Å². The van der Waals surface area contributed by atoms with Gasteiger partial charge in [0.1, 0.15) is 0 Å². The number of aromatic nitrogens is 2. The first-order valence-electron chi connectivity index (χ1n) is 8.01. The number of para-hydroxylation sites is 1. The van der Waals surface area contributed by atoms with E-state index in [0.717, 1.165) is 32.4 Å². The first kappa shape index (κ1) is 16.5. The zero-order valence-corrected chi connectivity index (χ0v) is 14.0. The summed E-state index contributed by atoms with van der Waals surface area (Å²) in [5.74, 6) is -0.361. The summed E-state index contributed by atoms with van der Waals surface area (Å²) in [6, 6.07) is 7.25. The highest BCUT2D eigenvalue weighted by atomic mass is 35.5. The molecule has 0 aliphatic carbocycles. The fraction of sp³-hybridized carbons (Fsp3) is 0.353. The lowest BCUT2D eigenvalue weighted by molar-refractivity contribution is -0.130. The lowest BCUT2D eigenvalue weighted by Gasteiger charge is -2.26. The number of nitrogens with zero attached hydrogens (tertiary/aromatic N) is 3. The minimum Gasteiger partial charge on any atom is -0.343 e. The van der Waals surface area contributed by atoms with Crippen LogP contribution >= 0.6 is 11.6 Å². The van der Waals surface area contributed by atoms with Crippen LogP contribution in [0.25, 0.3) is 5.69 Å². The Morgan fingerprint density at radius 3 is 2.67 bits per heavy atom. The maximum absolute atomic E-state index is 12.2. The van der Waals surface area contributed by atoms with Crippen LogP contribution in [0.15, 0.2) is 36.7 Å². The van der Waals surface area contributed by atoms with Crippen molar-refractivity contribution in [1.82, 2.24) is 20.0 Å². The zero-order valence-electron chi connectivity index (χ0n) is 13.2. The van der Waals surface area contributed by atoms with Crippen LogP contribution in [-0.4, -0.2) is 46.1 Å². The van der Waals surface area contributed by atoms with Crippen molar-refractivity contribution in [3.8, 4) is 5.69 Å². The molecule has 2 heterocycles. The normalized spacial score (nSPS) is 14.5. The van der Waals surface area contributed by atoms with Gasteiger partial charge in [-0.1, -0.05) is 23.7 Å². The van der Waals surface area contributed by atoms with E-state index in [1.165, 1.54) is 6.20 Å². The molecule has 1 aliphatic heterocycles. The number of hydrogen-bond donors (Lipinski definition) is 1. The van der Waals surface area contributed by atoms with Gasteiger partial charge in [0.05, 0.1) is 29.0 Å². The lowest BCUT2D eigenvalue weighted by atomic mass is 10.1. The van der Waals surface area contributed by atoms with Crippen LogP contribution < -0.4 is 5.32 Å². The molecule has 1 aromatic heterocycles. The van der Waals surface area contributed by atoms with Crippen LogP contribution in [0.5, 0.6) is 0 Å². The molecule has 0 unspecified atom stereocenters. The number of carbonyl (C=O) groups is 2. The Labute approximate surface area is 145 Å². The van der Waals surface area contributed by atoms with Gasteiger partial charge in [0, 0.05) is 19.3 Å². The molecule has 1 saturated heterocycles. The molecular weight excluding hydrogens is 328 g/mol. The average Bonchev–Trinajstić information content (AvgIpc) is 3.10. The Morgan fingerprint density at radius 1 is 1.17 bits per heavy atom. The van der Waals surface area contributed by atoms with Gasteiger partial charge in [-0.2, -0.15) is 5.10 Å². The largest absolute Gasteiger partial charge is 0.343 e. The van der Waals surface area contributed by atoms with Gasteiger partial charge < -0.3 is 10.2 Å². The molecule has 1 fully saturated rings. The Hall–Kier alpha value is -2.34. The molecule has 24 heavy (non-hydrogen) atoms. The van der Waals surface area contributed by atoms with Crippen molar-refractivity contribution in [3.05, 3.63) is 47.2 Å². The van der Waals surface area contributed by atoms with E-state index >= 15 is 0 Å². The van der Waals surface area contributed by atoms with E-state index in [9.17, 15) is 9.59 Å². The molecule has 126 valence electrons. The van der Waals surface area contributed by atoms with E-state index in [0.29, 0.717) is 16.3 Å². The van der Waals surface area contributed by atoms with Crippen molar-refractivity contribution in [2.75, 3.05) is 19.6 Å². The summed E-state index contributed by atoms with van der Waals surface area (Å²) in [5.41, 5.74) is 1.09.